The molecule has 0 atom stereocenters. The van der Waals surface area contributed by atoms with E-state index in [2.05, 4.69) is 5.32 Å². The third-order valence-corrected chi connectivity index (χ3v) is 6.32. The maximum atomic E-state index is 12.7. The highest BCUT2D eigenvalue weighted by Gasteiger charge is 2.25. The number of thiophene rings is 1. The molecule has 1 heterocycles. The third-order valence-electron chi connectivity index (χ3n) is 4.94. The Labute approximate surface area is 173 Å². The minimum atomic E-state index is -0.167. The summed E-state index contributed by atoms with van der Waals surface area (Å²) in [4.78, 5) is 26.7. The Morgan fingerprint density at radius 1 is 1.07 bits per heavy atom. The van der Waals surface area contributed by atoms with Crippen molar-refractivity contribution in [3.8, 4) is 10.4 Å². The number of rotatable bonds is 6. The van der Waals surface area contributed by atoms with Crippen LogP contribution in [-0.2, 0) is 0 Å². The number of carbonyl (C=O) groups is 2. The summed E-state index contributed by atoms with van der Waals surface area (Å²) in [6, 6.07) is 16.8. The summed E-state index contributed by atoms with van der Waals surface area (Å²) in [6.45, 7) is 1.93. The number of carbonyl (C=O) groups excluding carboxylic acids is 2. The van der Waals surface area contributed by atoms with Gasteiger partial charge in [-0.05, 0) is 67.1 Å². The quantitative estimate of drug-likeness (QED) is 0.465. The average Bonchev–Trinajstić information content (AvgIpc) is 3.35. The molecule has 142 valence electrons. The Morgan fingerprint density at radius 2 is 1.82 bits per heavy atom. The summed E-state index contributed by atoms with van der Waals surface area (Å²) in [5, 5.41) is 3.65. The first-order valence-corrected chi connectivity index (χ1v) is 10.5. The zero-order chi connectivity index (χ0) is 19.7. The maximum absolute atomic E-state index is 12.7. The van der Waals surface area contributed by atoms with Crippen molar-refractivity contribution in [1.29, 1.82) is 0 Å². The molecule has 28 heavy (non-hydrogen) atoms. The van der Waals surface area contributed by atoms with Gasteiger partial charge >= 0.3 is 0 Å². The molecular weight excluding hydrogens is 390 g/mol. The first kappa shape index (κ1) is 18.9. The van der Waals surface area contributed by atoms with E-state index in [1.807, 2.05) is 55.5 Å². The van der Waals surface area contributed by atoms with Crippen LogP contribution in [0.2, 0.25) is 5.02 Å². The lowest BCUT2D eigenvalue weighted by atomic mass is 10.0. The average molecular weight is 410 g/mol. The smallest absolute Gasteiger partial charge is 0.265 e. The van der Waals surface area contributed by atoms with E-state index in [1.54, 1.807) is 6.07 Å². The second-order valence-electron chi connectivity index (χ2n) is 7.23. The van der Waals surface area contributed by atoms with Gasteiger partial charge < -0.3 is 5.32 Å². The van der Waals surface area contributed by atoms with Gasteiger partial charge in [0.2, 0.25) is 0 Å². The summed E-state index contributed by atoms with van der Waals surface area (Å²) in [7, 11) is 0. The van der Waals surface area contributed by atoms with Gasteiger partial charge in [0.1, 0.15) is 0 Å². The number of Topliss-reactive ketones (excluding diaryl/α,β-unsaturated/α-hetero) is 1. The van der Waals surface area contributed by atoms with E-state index < -0.39 is 0 Å². The predicted octanol–water partition coefficient (Wildman–Crippen LogP) is 6.61. The molecule has 0 aliphatic heterocycles. The molecule has 1 fully saturated rings. The van der Waals surface area contributed by atoms with E-state index in [4.69, 9.17) is 11.6 Å². The molecule has 3 nitrogen and oxygen atoms in total. The van der Waals surface area contributed by atoms with Gasteiger partial charge in [0.25, 0.3) is 5.91 Å². The van der Waals surface area contributed by atoms with Crippen molar-refractivity contribution in [3.63, 3.8) is 0 Å². The zero-order valence-corrected chi connectivity index (χ0v) is 17.1. The lowest BCUT2D eigenvalue weighted by Crippen LogP contribution is -2.12. The highest BCUT2D eigenvalue weighted by molar-refractivity contribution is 7.17. The molecule has 0 unspecified atom stereocenters. The largest absolute Gasteiger partial charge is 0.321 e. The fourth-order valence-electron chi connectivity index (χ4n) is 3.05. The number of hydrogen-bond acceptors (Lipinski definition) is 3. The Hall–Kier alpha value is -2.43. The standard InChI is InChI=1S/C23H20ClNO2S/c1-14-2-5-17(20(26)12-15-3-4-15)13-19(14)25-23(27)22-11-10-21(28-22)16-6-8-18(24)9-7-16/h2,5-11,13,15H,3-4,12H2,1H3,(H,25,27). The van der Waals surface area contributed by atoms with Gasteiger partial charge in [-0.2, -0.15) is 0 Å². The van der Waals surface area contributed by atoms with Crippen molar-refractivity contribution in [2.75, 3.05) is 5.32 Å². The lowest BCUT2D eigenvalue weighted by molar-refractivity contribution is 0.0974. The second kappa shape index (κ2) is 7.90. The van der Waals surface area contributed by atoms with Crippen molar-refractivity contribution < 1.29 is 9.59 Å². The SMILES string of the molecule is Cc1ccc(C(=O)CC2CC2)cc1NC(=O)c1ccc(-c2ccc(Cl)cc2)s1. The van der Waals surface area contributed by atoms with Gasteiger partial charge in [-0.3, -0.25) is 9.59 Å². The van der Waals surface area contributed by atoms with Crippen molar-refractivity contribution in [2.45, 2.75) is 26.2 Å². The van der Waals surface area contributed by atoms with Gasteiger partial charge in [0, 0.05) is 27.6 Å². The molecule has 4 rings (SSSR count). The van der Waals surface area contributed by atoms with Crippen LogP contribution in [0.1, 0.15) is 44.9 Å². The van der Waals surface area contributed by atoms with Gasteiger partial charge in [-0.1, -0.05) is 35.9 Å². The van der Waals surface area contributed by atoms with Crippen molar-refractivity contribution in [2.24, 2.45) is 5.92 Å². The van der Waals surface area contributed by atoms with E-state index in [9.17, 15) is 9.59 Å². The van der Waals surface area contributed by atoms with Crippen LogP contribution in [0.5, 0.6) is 0 Å². The number of halogens is 1. The fraction of sp³-hybridized carbons (Fsp3) is 0.217. The summed E-state index contributed by atoms with van der Waals surface area (Å²) >= 11 is 7.37. The Kier molecular flexibility index (Phi) is 5.33. The molecule has 5 heteroatoms. The van der Waals surface area contributed by atoms with Crippen LogP contribution in [0.4, 0.5) is 5.69 Å². The zero-order valence-electron chi connectivity index (χ0n) is 15.5. The first-order valence-electron chi connectivity index (χ1n) is 9.30. The van der Waals surface area contributed by atoms with Crippen molar-refractivity contribution >= 4 is 40.3 Å². The monoisotopic (exact) mass is 409 g/mol. The number of anilines is 1. The Bertz CT molecular complexity index is 1040. The number of nitrogens with one attached hydrogen (secondary N) is 1. The summed E-state index contributed by atoms with van der Waals surface area (Å²) in [5.74, 6) is 0.531. The highest BCUT2D eigenvalue weighted by Crippen LogP contribution is 2.34. The molecule has 0 bridgehead atoms. The number of aryl methyl sites for hydroxylation is 1. The normalized spacial score (nSPS) is 13.4. The van der Waals surface area contributed by atoms with E-state index in [0.29, 0.717) is 33.5 Å². The number of amides is 1. The first-order chi connectivity index (χ1) is 13.5. The molecule has 0 saturated heterocycles. The van der Waals surface area contributed by atoms with Crippen LogP contribution >= 0.6 is 22.9 Å². The molecule has 2 aromatic carbocycles. The van der Waals surface area contributed by atoms with Crippen LogP contribution in [0.25, 0.3) is 10.4 Å². The number of hydrogen-bond donors (Lipinski definition) is 1. The van der Waals surface area contributed by atoms with Crippen LogP contribution in [0.15, 0.2) is 54.6 Å². The van der Waals surface area contributed by atoms with E-state index in [0.717, 1.165) is 28.8 Å². The van der Waals surface area contributed by atoms with E-state index in [-0.39, 0.29) is 11.7 Å². The lowest BCUT2D eigenvalue weighted by Gasteiger charge is -2.10. The molecule has 0 radical (unpaired) electrons. The molecule has 0 spiro atoms. The van der Waals surface area contributed by atoms with Gasteiger partial charge in [-0.25, -0.2) is 0 Å². The molecule has 1 saturated carbocycles. The predicted molar refractivity (Wildman–Crippen MR) is 116 cm³/mol. The second-order valence-corrected chi connectivity index (χ2v) is 8.75. The third kappa shape index (κ3) is 4.34. The minimum Gasteiger partial charge on any atom is -0.321 e. The molecular formula is C23H20ClNO2S. The fourth-order valence-corrected chi connectivity index (χ4v) is 4.08. The van der Waals surface area contributed by atoms with E-state index >= 15 is 0 Å². The highest BCUT2D eigenvalue weighted by atomic mass is 35.5. The van der Waals surface area contributed by atoms with E-state index in [1.165, 1.54) is 11.3 Å². The molecule has 1 amide bonds. The topological polar surface area (TPSA) is 46.2 Å². The summed E-state index contributed by atoms with van der Waals surface area (Å²) in [5.41, 5.74) is 3.32. The summed E-state index contributed by atoms with van der Waals surface area (Å²) in [6.07, 6.45) is 2.90. The Balaban J connectivity index is 1.50. The molecule has 1 N–H and O–H groups in total. The van der Waals surface area contributed by atoms with Crippen LogP contribution in [0, 0.1) is 12.8 Å². The van der Waals surface area contributed by atoms with Crippen LogP contribution < -0.4 is 5.32 Å². The number of benzene rings is 2. The summed E-state index contributed by atoms with van der Waals surface area (Å²) < 4.78 is 0. The Morgan fingerprint density at radius 3 is 2.54 bits per heavy atom. The molecule has 3 aromatic rings. The molecule has 1 aliphatic carbocycles. The minimum absolute atomic E-state index is 0.152. The van der Waals surface area contributed by atoms with Crippen molar-refractivity contribution in [1.82, 2.24) is 0 Å². The number of ketones is 1. The molecule has 1 aromatic heterocycles. The van der Waals surface area contributed by atoms with Gasteiger partial charge in [-0.15, -0.1) is 11.3 Å². The van der Waals surface area contributed by atoms with Gasteiger partial charge in [0.15, 0.2) is 5.78 Å². The maximum Gasteiger partial charge on any atom is 0.265 e. The van der Waals surface area contributed by atoms with Crippen molar-refractivity contribution in [3.05, 3.63) is 75.6 Å². The molecule has 1 aliphatic rings. The van der Waals surface area contributed by atoms with Gasteiger partial charge in [0.05, 0.1) is 4.88 Å². The van der Waals surface area contributed by atoms with Crippen LogP contribution in [0.3, 0.4) is 0 Å². The van der Waals surface area contributed by atoms with Crippen LogP contribution in [-0.4, -0.2) is 11.7 Å².